The molecule has 42 heavy (non-hydrogen) atoms. The van der Waals surface area contributed by atoms with E-state index in [0.29, 0.717) is 7.28 Å². The normalized spacial score (nSPS) is 11.9. The SMILES string of the molecule is O=C(O)CCC(NC(=O)CNC(=O)OCc1ccccc1)C(=O)NCC(=O)NC(/C=C/Bc1ccccc1)CC(=O)O. The molecule has 0 saturated heterocycles. The van der Waals surface area contributed by atoms with Gasteiger partial charge in [-0.05, 0) is 12.0 Å². The van der Waals surface area contributed by atoms with E-state index in [2.05, 4.69) is 21.3 Å². The van der Waals surface area contributed by atoms with Gasteiger partial charge in [0.1, 0.15) is 19.2 Å². The number of aliphatic carboxylic acids is 2. The summed E-state index contributed by atoms with van der Waals surface area (Å²) in [7, 11) is 0.522. The van der Waals surface area contributed by atoms with Gasteiger partial charge in [0.2, 0.25) is 17.7 Å². The molecule has 2 unspecified atom stereocenters. The van der Waals surface area contributed by atoms with Crippen LogP contribution in [0.4, 0.5) is 4.79 Å². The molecule has 0 aromatic heterocycles. The summed E-state index contributed by atoms with van der Waals surface area (Å²) in [5.74, 6) is -2.92. The number of hydrogen-bond donors (Lipinski definition) is 6. The molecule has 2 rings (SSSR count). The van der Waals surface area contributed by atoms with E-state index < -0.39 is 67.3 Å². The van der Waals surface area contributed by atoms with Gasteiger partial charge in [0.25, 0.3) is 0 Å². The summed E-state index contributed by atoms with van der Waals surface area (Å²) in [6.45, 7) is -1.11. The molecule has 0 fully saturated rings. The van der Waals surface area contributed by atoms with Crippen LogP contribution in [0.2, 0.25) is 0 Å². The molecule has 13 nitrogen and oxygen atoms in total. The number of carbonyl (C=O) groups excluding carboxylic acids is 4. The van der Waals surface area contributed by atoms with E-state index in [0.717, 1.165) is 11.0 Å². The molecule has 2 atom stereocenters. The van der Waals surface area contributed by atoms with Crippen molar-refractivity contribution >= 4 is 48.5 Å². The van der Waals surface area contributed by atoms with Crippen LogP contribution in [-0.2, 0) is 35.3 Å². The predicted octanol–water partition coefficient (Wildman–Crippen LogP) is -0.386. The largest absolute Gasteiger partial charge is 0.481 e. The second-order valence-electron chi connectivity index (χ2n) is 9.08. The van der Waals surface area contributed by atoms with E-state index in [1.807, 2.05) is 30.3 Å². The number of hydrogen-bond acceptors (Lipinski definition) is 7. The second kappa shape index (κ2) is 18.3. The number of carboxylic acids is 2. The first-order valence-electron chi connectivity index (χ1n) is 13.1. The van der Waals surface area contributed by atoms with Crippen molar-refractivity contribution in [1.82, 2.24) is 21.3 Å². The monoisotopic (exact) mass is 580 g/mol. The Bertz CT molecular complexity index is 1240. The van der Waals surface area contributed by atoms with Gasteiger partial charge in [0.05, 0.1) is 19.0 Å². The van der Waals surface area contributed by atoms with Gasteiger partial charge in [0, 0.05) is 6.42 Å². The molecule has 0 bridgehead atoms. The molecule has 0 aliphatic carbocycles. The van der Waals surface area contributed by atoms with Crippen LogP contribution in [0.3, 0.4) is 0 Å². The minimum Gasteiger partial charge on any atom is -0.481 e. The minimum atomic E-state index is -1.32. The lowest BCUT2D eigenvalue weighted by molar-refractivity contribution is -0.139. The Labute approximate surface area is 242 Å². The zero-order chi connectivity index (χ0) is 30.7. The second-order valence-corrected chi connectivity index (χ2v) is 9.08. The number of carbonyl (C=O) groups is 6. The first-order valence-corrected chi connectivity index (χ1v) is 13.1. The number of ether oxygens (including phenoxy) is 1. The molecule has 0 radical (unpaired) electrons. The molecule has 0 heterocycles. The highest BCUT2D eigenvalue weighted by Gasteiger charge is 2.23. The van der Waals surface area contributed by atoms with Gasteiger partial charge >= 0.3 is 18.0 Å². The number of alkyl carbamates (subject to hydrolysis) is 1. The Balaban J connectivity index is 1.85. The fourth-order valence-electron chi connectivity index (χ4n) is 3.59. The molecule has 14 heteroatoms. The lowest BCUT2D eigenvalue weighted by atomic mass is 9.70. The lowest BCUT2D eigenvalue weighted by Gasteiger charge is -2.19. The summed E-state index contributed by atoms with van der Waals surface area (Å²) in [5, 5.41) is 27.6. The zero-order valence-corrected chi connectivity index (χ0v) is 22.8. The molecule has 6 N–H and O–H groups in total. The van der Waals surface area contributed by atoms with E-state index in [-0.39, 0.29) is 19.4 Å². The topological polar surface area (TPSA) is 200 Å². The molecule has 0 aliphatic rings. The maximum absolute atomic E-state index is 12.7. The summed E-state index contributed by atoms with van der Waals surface area (Å²) < 4.78 is 5.00. The van der Waals surface area contributed by atoms with Crippen LogP contribution in [0.25, 0.3) is 0 Å². The maximum Gasteiger partial charge on any atom is 0.407 e. The van der Waals surface area contributed by atoms with Crippen molar-refractivity contribution in [2.75, 3.05) is 13.1 Å². The van der Waals surface area contributed by atoms with Crippen molar-refractivity contribution in [3.8, 4) is 0 Å². The molecule has 4 amide bonds. The molecule has 222 valence electrons. The summed E-state index contributed by atoms with van der Waals surface area (Å²) in [4.78, 5) is 71.5. The third kappa shape index (κ3) is 14.3. The predicted molar refractivity (Wildman–Crippen MR) is 153 cm³/mol. The summed E-state index contributed by atoms with van der Waals surface area (Å²) in [5.41, 5.74) is 1.74. The third-order valence-corrected chi connectivity index (χ3v) is 5.63. The Morgan fingerprint density at radius 3 is 2.07 bits per heavy atom. The van der Waals surface area contributed by atoms with Gasteiger partial charge < -0.3 is 36.2 Å². The zero-order valence-electron chi connectivity index (χ0n) is 22.8. The van der Waals surface area contributed by atoms with Crippen molar-refractivity contribution in [3.05, 3.63) is 78.3 Å². The van der Waals surface area contributed by atoms with Crippen LogP contribution in [0.5, 0.6) is 0 Å². The van der Waals surface area contributed by atoms with Crippen molar-refractivity contribution in [2.24, 2.45) is 0 Å². The molecular weight excluding hydrogens is 547 g/mol. The highest BCUT2D eigenvalue weighted by atomic mass is 16.5. The van der Waals surface area contributed by atoms with Crippen LogP contribution in [0.15, 0.2) is 72.7 Å². The third-order valence-electron chi connectivity index (χ3n) is 5.63. The van der Waals surface area contributed by atoms with Crippen LogP contribution in [-0.4, -0.2) is 78.4 Å². The van der Waals surface area contributed by atoms with E-state index in [4.69, 9.17) is 9.84 Å². The van der Waals surface area contributed by atoms with Crippen LogP contribution >= 0.6 is 0 Å². The van der Waals surface area contributed by atoms with Crippen LogP contribution in [0.1, 0.15) is 24.8 Å². The standard InChI is InChI=1S/C28H33BN4O9/c34-23(32-21(15-26(38)39)13-14-29-20-9-5-2-6-10-20)16-30-27(40)22(11-12-25(36)37)33-24(35)17-31-28(41)42-18-19-7-3-1-4-8-19/h1-10,13-14,21-22,29H,11-12,15-18H2,(H,30,40)(H,31,41)(H,32,34)(H,33,35)(H,36,37)(H,38,39)/b14-13+. The highest BCUT2D eigenvalue weighted by molar-refractivity contribution is 6.58. The van der Waals surface area contributed by atoms with Gasteiger partial charge in [-0.25, -0.2) is 4.79 Å². The van der Waals surface area contributed by atoms with Gasteiger partial charge in [-0.1, -0.05) is 72.2 Å². The fraction of sp³-hybridized carbons (Fsp3) is 0.286. The molecule has 0 saturated carbocycles. The molecule has 0 aliphatic heterocycles. The smallest absolute Gasteiger partial charge is 0.407 e. The highest BCUT2D eigenvalue weighted by Crippen LogP contribution is 2.01. The van der Waals surface area contributed by atoms with Crippen molar-refractivity contribution in [2.45, 2.75) is 38.0 Å². The van der Waals surface area contributed by atoms with E-state index >= 15 is 0 Å². The Morgan fingerprint density at radius 2 is 1.43 bits per heavy atom. The van der Waals surface area contributed by atoms with Gasteiger partial charge in [-0.15, -0.1) is 5.98 Å². The first-order chi connectivity index (χ1) is 20.1. The summed E-state index contributed by atoms with van der Waals surface area (Å²) in [6, 6.07) is 16.1. The number of carboxylic acid groups (broad SMARTS) is 2. The number of benzene rings is 2. The molecule has 0 spiro atoms. The number of amides is 4. The van der Waals surface area contributed by atoms with Crippen molar-refractivity contribution < 1.29 is 43.7 Å². The molecule has 2 aromatic carbocycles. The summed E-state index contributed by atoms with van der Waals surface area (Å²) >= 11 is 0. The average Bonchev–Trinajstić information content (AvgIpc) is 2.96. The Morgan fingerprint density at radius 1 is 0.810 bits per heavy atom. The lowest BCUT2D eigenvalue weighted by Crippen LogP contribution is -2.51. The van der Waals surface area contributed by atoms with Crippen molar-refractivity contribution in [3.63, 3.8) is 0 Å². The molecular formula is C28H33BN4O9. The van der Waals surface area contributed by atoms with E-state index in [1.165, 1.54) is 0 Å². The van der Waals surface area contributed by atoms with Crippen molar-refractivity contribution in [1.29, 1.82) is 0 Å². The first kappa shape index (κ1) is 33.1. The van der Waals surface area contributed by atoms with Gasteiger partial charge in [0.15, 0.2) is 7.28 Å². The van der Waals surface area contributed by atoms with Gasteiger partial charge in [-0.3, -0.25) is 24.0 Å². The van der Waals surface area contributed by atoms with E-state index in [1.54, 1.807) is 42.4 Å². The quantitative estimate of drug-likeness (QED) is 0.135. The van der Waals surface area contributed by atoms with E-state index in [9.17, 15) is 33.9 Å². The Kier molecular flexibility index (Phi) is 14.4. The fourth-order valence-corrected chi connectivity index (χ4v) is 3.59. The van der Waals surface area contributed by atoms with Gasteiger partial charge in [-0.2, -0.15) is 0 Å². The summed E-state index contributed by atoms with van der Waals surface area (Å²) in [6.07, 6.45) is -0.440. The molecule has 2 aromatic rings. The Hall–Kier alpha value is -5.14. The van der Waals surface area contributed by atoms with Crippen LogP contribution < -0.4 is 26.7 Å². The minimum absolute atomic E-state index is 0.0177. The number of rotatable bonds is 17. The average molecular weight is 580 g/mol. The maximum atomic E-state index is 12.7. The van der Waals surface area contributed by atoms with Crippen LogP contribution in [0, 0.1) is 0 Å². The number of nitrogens with one attached hydrogen (secondary N) is 4.